The van der Waals surface area contributed by atoms with Crippen molar-refractivity contribution in [1.29, 1.82) is 0 Å². The summed E-state index contributed by atoms with van der Waals surface area (Å²) < 4.78 is 0. The third-order valence-electron chi connectivity index (χ3n) is 3.29. The molecule has 0 amide bonds. The average molecular weight is 209 g/mol. The van der Waals surface area contributed by atoms with Crippen molar-refractivity contribution in [3.63, 3.8) is 0 Å². The molecule has 86 valence electrons. The molecule has 1 fully saturated rings. The van der Waals surface area contributed by atoms with E-state index in [0.29, 0.717) is 6.04 Å². The number of rotatable bonds is 4. The quantitative estimate of drug-likeness (QED) is 0.549. The number of aliphatic hydroxyl groups is 1. The van der Waals surface area contributed by atoms with Crippen molar-refractivity contribution in [2.45, 2.75) is 70.1 Å². The van der Waals surface area contributed by atoms with E-state index in [-0.39, 0.29) is 12.1 Å². The summed E-state index contributed by atoms with van der Waals surface area (Å²) in [6.45, 7) is 2.14. The lowest BCUT2D eigenvalue weighted by Gasteiger charge is -2.26. The number of aliphatic hydroxyl groups excluding tert-OH is 1. The van der Waals surface area contributed by atoms with E-state index in [0.717, 1.165) is 32.1 Å². The van der Waals surface area contributed by atoms with E-state index in [1.54, 1.807) is 0 Å². The Morgan fingerprint density at radius 3 is 2.80 bits per heavy atom. The highest BCUT2D eigenvalue weighted by Gasteiger charge is 2.23. The van der Waals surface area contributed by atoms with Crippen LogP contribution in [0.25, 0.3) is 0 Å². The van der Waals surface area contributed by atoms with Crippen molar-refractivity contribution in [1.82, 2.24) is 5.32 Å². The van der Waals surface area contributed by atoms with Crippen LogP contribution in [0.15, 0.2) is 0 Å². The van der Waals surface area contributed by atoms with Gasteiger partial charge in [0.25, 0.3) is 0 Å². The zero-order valence-corrected chi connectivity index (χ0v) is 9.71. The minimum absolute atomic E-state index is 0.181. The minimum atomic E-state index is -0.181. The van der Waals surface area contributed by atoms with Gasteiger partial charge in [-0.3, -0.25) is 0 Å². The summed E-state index contributed by atoms with van der Waals surface area (Å²) in [4.78, 5) is 0. The van der Waals surface area contributed by atoms with Gasteiger partial charge in [0.05, 0.1) is 6.10 Å². The molecule has 3 unspecified atom stereocenters. The molecule has 0 aromatic heterocycles. The summed E-state index contributed by atoms with van der Waals surface area (Å²) >= 11 is 0. The maximum atomic E-state index is 9.95. The number of hydrogen-bond acceptors (Lipinski definition) is 2. The Kier molecular flexibility index (Phi) is 5.75. The van der Waals surface area contributed by atoms with Crippen molar-refractivity contribution in [2.24, 2.45) is 0 Å². The Labute approximate surface area is 93.5 Å². The molecule has 1 aliphatic rings. The highest BCUT2D eigenvalue weighted by atomic mass is 16.3. The van der Waals surface area contributed by atoms with Crippen LogP contribution in [0, 0.1) is 12.3 Å². The van der Waals surface area contributed by atoms with Crippen LogP contribution in [0.1, 0.15) is 51.9 Å². The molecule has 3 atom stereocenters. The van der Waals surface area contributed by atoms with Gasteiger partial charge in [-0.25, -0.2) is 0 Å². The van der Waals surface area contributed by atoms with Gasteiger partial charge in [-0.1, -0.05) is 26.2 Å². The third kappa shape index (κ3) is 4.24. The average Bonchev–Trinajstić information content (AvgIpc) is 2.43. The largest absolute Gasteiger partial charge is 0.392 e. The smallest absolute Gasteiger partial charge is 0.0693 e. The molecule has 0 heterocycles. The second-order valence-corrected chi connectivity index (χ2v) is 4.49. The van der Waals surface area contributed by atoms with E-state index in [9.17, 15) is 5.11 Å². The Morgan fingerprint density at radius 2 is 2.13 bits per heavy atom. The zero-order chi connectivity index (χ0) is 11.1. The highest BCUT2D eigenvalue weighted by Crippen LogP contribution is 2.19. The van der Waals surface area contributed by atoms with E-state index in [1.165, 1.54) is 12.8 Å². The first-order valence-electron chi connectivity index (χ1n) is 6.15. The molecule has 0 radical (unpaired) electrons. The topological polar surface area (TPSA) is 32.3 Å². The SMILES string of the molecule is C#CCC(CC)NC1CCCCCC1O. The summed E-state index contributed by atoms with van der Waals surface area (Å²) in [7, 11) is 0. The summed E-state index contributed by atoms with van der Waals surface area (Å²) in [5.74, 6) is 2.69. The van der Waals surface area contributed by atoms with Gasteiger partial charge >= 0.3 is 0 Å². The van der Waals surface area contributed by atoms with Gasteiger partial charge in [0.15, 0.2) is 0 Å². The van der Waals surface area contributed by atoms with E-state index in [1.807, 2.05) is 0 Å². The van der Waals surface area contributed by atoms with Crippen LogP contribution in [0.2, 0.25) is 0 Å². The van der Waals surface area contributed by atoms with Crippen LogP contribution < -0.4 is 5.32 Å². The molecule has 0 bridgehead atoms. The van der Waals surface area contributed by atoms with Crippen LogP contribution >= 0.6 is 0 Å². The molecule has 2 N–H and O–H groups in total. The van der Waals surface area contributed by atoms with E-state index < -0.39 is 0 Å². The van der Waals surface area contributed by atoms with E-state index in [2.05, 4.69) is 18.2 Å². The van der Waals surface area contributed by atoms with Gasteiger partial charge in [-0.15, -0.1) is 12.3 Å². The first kappa shape index (κ1) is 12.5. The molecule has 0 aliphatic heterocycles. The van der Waals surface area contributed by atoms with E-state index >= 15 is 0 Å². The third-order valence-corrected chi connectivity index (χ3v) is 3.29. The van der Waals surface area contributed by atoms with Crippen molar-refractivity contribution >= 4 is 0 Å². The summed E-state index contributed by atoms with van der Waals surface area (Å²) in [5, 5.41) is 13.5. The van der Waals surface area contributed by atoms with Gasteiger partial charge in [0, 0.05) is 18.5 Å². The van der Waals surface area contributed by atoms with Crippen molar-refractivity contribution in [2.75, 3.05) is 0 Å². The molecule has 2 nitrogen and oxygen atoms in total. The number of nitrogens with one attached hydrogen (secondary N) is 1. The minimum Gasteiger partial charge on any atom is -0.392 e. The second kappa shape index (κ2) is 6.87. The van der Waals surface area contributed by atoms with Crippen LogP contribution in [-0.4, -0.2) is 23.3 Å². The fraction of sp³-hybridized carbons (Fsp3) is 0.846. The molecular weight excluding hydrogens is 186 g/mol. The van der Waals surface area contributed by atoms with Crippen LogP contribution in [0.5, 0.6) is 0 Å². The maximum absolute atomic E-state index is 9.95. The van der Waals surface area contributed by atoms with E-state index in [4.69, 9.17) is 6.42 Å². The van der Waals surface area contributed by atoms with Gasteiger partial charge < -0.3 is 10.4 Å². The molecule has 0 aromatic rings. The predicted octanol–water partition coefficient (Wildman–Crippen LogP) is 2.07. The Morgan fingerprint density at radius 1 is 1.40 bits per heavy atom. The highest BCUT2D eigenvalue weighted by molar-refractivity contribution is 4.91. The zero-order valence-electron chi connectivity index (χ0n) is 9.71. The Balaban J connectivity index is 2.42. The number of terminal acetylenes is 1. The Bertz CT molecular complexity index is 209. The fourth-order valence-corrected chi connectivity index (χ4v) is 2.25. The molecule has 0 aromatic carbocycles. The molecule has 1 aliphatic carbocycles. The van der Waals surface area contributed by atoms with Crippen molar-refractivity contribution in [3.05, 3.63) is 0 Å². The number of hydrogen-bond donors (Lipinski definition) is 2. The lowest BCUT2D eigenvalue weighted by Crippen LogP contribution is -2.44. The maximum Gasteiger partial charge on any atom is 0.0693 e. The molecule has 0 saturated heterocycles. The summed E-state index contributed by atoms with van der Waals surface area (Å²) in [6.07, 6.45) is 12.6. The van der Waals surface area contributed by atoms with Gasteiger partial charge in [-0.05, 0) is 19.3 Å². The molecule has 1 rings (SSSR count). The molecule has 2 heteroatoms. The fourth-order valence-electron chi connectivity index (χ4n) is 2.25. The molecular formula is C13H23NO. The molecule has 0 spiro atoms. The van der Waals surface area contributed by atoms with Gasteiger partial charge in [-0.2, -0.15) is 0 Å². The van der Waals surface area contributed by atoms with Gasteiger partial charge in [0.1, 0.15) is 0 Å². The Hall–Kier alpha value is -0.520. The molecule has 15 heavy (non-hydrogen) atoms. The predicted molar refractivity (Wildman–Crippen MR) is 63.5 cm³/mol. The summed E-state index contributed by atoms with van der Waals surface area (Å²) in [6, 6.07) is 0.624. The monoisotopic (exact) mass is 209 g/mol. The van der Waals surface area contributed by atoms with Crippen LogP contribution in [0.3, 0.4) is 0 Å². The first-order valence-corrected chi connectivity index (χ1v) is 6.15. The van der Waals surface area contributed by atoms with Crippen molar-refractivity contribution in [3.8, 4) is 12.3 Å². The van der Waals surface area contributed by atoms with Gasteiger partial charge in [0.2, 0.25) is 0 Å². The van der Waals surface area contributed by atoms with Crippen LogP contribution in [0.4, 0.5) is 0 Å². The second-order valence-electron chi connectivity index (χ2n) is 4.49. The normalized spacial score (nSPS) is 29.1. The van der Waals surface area contributed by atoms with Crippen molar-refractivity contribution < 1.29 is 5.11 Å². The summed E-state index contributed by atoms with van der Waals surface area (Å²) in [5.41, 5.74) is 0. The standard InChI is InChI=1S/C13H23NO/c1-3-8-11(4-2)14-12-9-6-5-7-10-13(12)15/h1,11-15H,4-10H2,2H3. The lowest BCUT2D eigenvalue weighted by atomic mass is 10.0. The lowest BCUT2D eigenvalue weighted by molar-refractivity contribution is 0.113. The van der Waals surface area contributed by atoms with Crippen LogP contribution in [-0.2, 0) is 0 Å². The molecule has 1 saturated carbocycles. The first-order chi connectivity index (χ1) is 7.27.